The molecule has 0 saturated heterocycles. The highest BCUT2D eigenvalue weighted by Crippen LogP contribution is 2.37. The van der Waals surface area contributed by atoms with Gasteiger partial charge in [-0.15, -0.1) is 0 Å². The SMILES string of the molecule is COc1cc(CCC[Si](C)(C)[Si](C)(C)OO[Si](C)(C)CCCc2ccc(OC(=O)Oc3ccc(C(C)(C)c4ccccc4)cc3)c(OC)c2)ccc1OC(=O)COc1ccc(C(C)(C)c2ccc(OC(=O)O)cc2)cc1. The average molecular weight is 1090 g/mol. The summed E-state index contributed by atoms with van der Waals surface area (Å²) in [6.07, 6.45) is 1.28. The van der Waals surface area contributed by atoms with E-state index in [1.54, 1.807) is 62.8 Å². The van der Waals surface area contributed by atoms with Crippen molar-refractivity contribution in [1.29, 1.82) is 0 Å². The standard InChI is InChI=1S/C60H74O13Si3/c1-59(2,45-20-14-13-15-21-45)47-28-34-51(35-29-47)69-58(64)71-53-37-23-43(41-55(53)66-6)18-16-38-74(7,8)72-73-76(11,12)75(9,10)39-17-19-44-22-36-52(54(40-44)65-5)70-56(61)42-67-49-30-24-46(25-31-49)60(3,4)48-26-32-50(33-27-48)68-57(62)63/h13-15,20-37,40-41H,16-19,38-39,42H2,1-12H3,(H,62,63). The molecule has 0 aliphatic heterocycles. The Hall–Kier alpha value is -6.70. The van der Waals surface area contributed by atoms with E-state index in [1.807, 2.05) is 78.9 Å². The highest BCUT2D eigenvalue weighted by atomic mass is 29.3. The fourth-order valence-corrected chi connectivity index (χ4v) is 16.8. The highest BCUT2D eigenvalue weighted by Gasteiger charge is 2.45. The normalized spacial score (nSPS) is 12.1. The van der Waals surface area contributed by atoms with E-state index < -0.39 is 47.4 Å². The van der Waals surface area contributed by atoms with E-state index >= 15 is 0 Å². The zero-order valence-corrected chi connectivity index (χ0v) is 49.1. The average Bonchev–Trinajstić information content (AvgIpc) is 3.39. The van der Waals surface area contributed by atoms with Crippen molar-refractivity contribution in [1.82, 2.24) is 0 Å². The number of hydrogen-bond donors (Lipinski definition) is 1. The summed E-state index contributed by atoms with van der Waals surface area (Å²) in [7, 11) is -3.12. The van der Waals surface area contributed by atoms with E-state index in [0.717, 1.165) is 65.6 Å². The molecule has 6 aromatic carbocycles. The molecule has 0 bridgehead atoms. The van der Waals surface area contributed by atoms with Crippen LogP contribution in [0.3, 0.4) is 0 Å². The molecule has 76 heavy (non-hydrogen) atoms. The van der Waals surface area contributed by atoms with Crippen molar-refractivity contribution in [3.8, 4) is 40.2 Å². The van der Waals surface area contributed by atoms with Crippen molar-refractivity contribution in [2.45, 2.75) is 116 Å². The molecule has 0 atom stereocenters. The number of aryl methyl sites for hydroxylation is 2. The Morgan fingerprint density at radius 3 is 1.42 bits per heavy atom. The summed E-state index contributed by atoms with van der Waals surface area (Å²) >= 11 is 0. The van der Waals surface area contributed by atoms with Crippen LogP contribution in [-0.2, 0) is 37.6 Å². The second-order valence-corrected chi connectivity index (χ2v) is 41.1. The topological polar surface area (TPSA) is 155 Å². The molecule has 0 fully saturated rings. The van der Waals surface area contributed by atoms with Gasteiger partial charge in [-0.2, -0.15) is 0 Å². The number of carboxylic acid groups (broad SMARTS) is 1. The van der Waals surface area contributed by atoms with Crippen LogP contribution in [0, 0.1) is 0 Å². The van der Waals surface area contributed by atoms with Crippen molar-refractivity contribution in [2.75, 3.05) is 20.8 Å². The zero-order chi connectivity index (χ0) is 55.3. The number of hydrogen-bond acceptors (Lipinski definition) is 12. The fraction of sp³-hybridized carbons (Fsp3) is 0.350. The van der Waals surface area contributed by atoms with Crippen molar-refractivity contribution < 1.29 is 61.8 Å². The van der Waals surface area contributed by atoms with Gasteiger partial charge in [0.15, 0.2) is 29.6 Å². The Morgan fingerprint density at radius 2 is 0.934 bits per heavy atom. The summed E-state index contributed by atoms with van der Waals surface area (Å²) in [4.78, 5) is 36.6. The summed E-state index contributed by atoms with van der Waals surface area (Å²) in [5.41, 5.74) is 5.79. The van der Waals surface area contributed by atoms with Crippen molar-refractivity contribution in [3.63, 3.8) is 0 Å². The molecule has 6 aromatic rings. The molecule has 0 saturated carbocycles. The lowest BCUT2D eigenvalue weighted by atomic mass is 9.78. The van der Waals surface area contributed by atoms with Crippen LogP contribution in [0.5, 0.6) is 40.2 Å². The molecule has 404 valence electrons. The lowest BCUT2D eigenvalue weighted by molar-refractivity contribution is -0.136. The first-order chi connectivity index (χ1) is 35.9. The minimum atomic E-state index is -2.20. The van der Waals surface area contributed by atoms with Gasteiger partial charge in [0.05, 0.1) is 21.8 Å². The Morgan fingerprint density at radius 1 is 0.487 bits per heavy atom. The van der Waals surface area contributed by atoms with Crippen LogP contribution < -0.4 is 33.2 Å². The smallest absolute Gasteiger partial charge is 0.493 e. The number of carbonyl (C=O) groups excluding carboxylic acids is 2. The van der Waals surface area contributed by atoms with Crippen LogP contribution in [0.15, 0.2) is 140 Å². The lowest BCUT2D eigenvalue weighted by Crippen LogP contribution is -2.58. The summed E-state index contributed by atoms with van der Waals surface area (Å²) in [5, 5.41) is 8.88. The van der Waals surface area contributed by atoms with E-state index in [2.05, 4.69) is 79.1 Å². The van der Waals surface area contributed by atoms with Gasteiger partial charge in [0, 0.05) is 10.8 Å². The maximum Gasteiger partial charge on any atom is 0.519 e. The van der Waals surface area contributed by atoms with Crippen LogP contribution in [0.4, 0.5) is 9.59 Å². The molecule has 13 nitrogen and oxygen atoms in total. The molecule has 16 heteroatoms. The molecule has 0 unspecified atom stereocenters. The number of esters is 1. The first-order valence-electron chi connectivity index (χ1n) is 25.6. The van der Waals surface area contributed by atoms with E-state index in [0.29, 0.717) is 28.7 Å². The summed E-state index contributed by atoms with van der Waals surface area (Å²) in [6, 6.07) is 45.3. The molecule has 0 aromatic heterocycles. The monoisotopic (exact) mass is 1090 g/mol. The molecule has 0 spiro atoms. The second-order valence-electron chi connectivity index (χ2n) is 21.8. The van der Waals surface area contributed by atoms with Gasteiger partial charge in [-0.05, 0) is 146 Å². The molecular weight excluding hydrogens is 1010 g/mol. The second kappa shape index (κ2) is 25.4. The first kappa shape index (κ1) is 58.6. The summed E-state index contributed by atoms with van der Waals surface area (Å²) < 4.78 is 51.4. The van der Waals surface area contributed by atoms with E-state index in [4.69, 9.17) is 47.4 Å². The lowest BCUT2D eigenvalue weighted by Gasteiger charge is -2.38. The maximum absolute atomic E-state index is 12.9. The predicted octanol–water partition coefficient (Wildman–Crippen LogP) is 14.7. The third-order valence-electron chi connectivity index (χ3n) is 14.5. The van der Waals surface area contributed by atoms with Gasteiger partial charge in [-0.1, -0.05) is 132 Å². The summed E-state index contributed by atoms with van der Waals surface area (Å²) in [5.74, 6) is 2.11. The Balaban J connectivity index is 0.908. The van der Waals surface area contributed by atoms with Gasteiger partial charge in [-0.3, -0.25) is 4.58 Å². The number of ether oxygens (including phenoxy) is 7. The Labute approximate surface area is 451 Å². The summed E-state index contributed by atoms with van der Waals surface area (Å²) in [6.45, 7) is 21.9. The van der Waals surface area contributed by atoms with Gasteiger partial charge in [0.1, 0.15) is 17.2 Å². The van der Waals surface area contributed by atoms with Crippen LogP contribution in [0.2, 0.25) is 51.4 Å². The Kier molecular flexibility index (Phi) is 19.6. The molecule has 0 heterocycles. The quantitative estimate of drug-likeness (QED) is 0.0145. The van der Waals surface area contributed by atoms with Gasteiger partial charge in [0.25, 0.3) is 0 Å². The van der Waals surface area contributed by atoms with Gasteiger partial charge in [-0.25, -0.2) is 14.4 Å². The van der Waals surface area contributed by atoms with Gasteiger partial charge in [0.2, 0.25) is 16.2 Å². The molecule has 0 amide bonds. The van der Waals surface area contributed by atoms with Crippen LogP contribution in [0.25, 0.3) is 0 Å². The first-order valence-corrected chi connectivity index (χ1v) is 35.9. The van der Waals surface area contributed by atoms with E-state index in [1.165, 1.54) is 5.56 Å². The van der Waals surface area contributed by atoms with E-state index in [9.17, 15) is 14.4 Å². The molecule has 6 rings (SSSR count). The fourth-order valence-electron chi connectivity index (χ4n) is 8.67. The van der Waals surface area contributed by atoms with E-state index in [-0.39, 0.29) is 23.5 Å². The van der Waals surface area contributed by atoms with Crippen molar-refractivity contribution in [3.05, 3.63) is 173 Å². The third kappa shape index (κ3) is 15.9. The van der Waals surface area contributed by atoms with Crippen molar-refractivity contribution >= 4 is 42.0 Å². The van der Waals surface area contributed by atoms with Crippen LogP contribution in [0.1, 0.15) is 73.9 Å². The highest BCUT2D eigenvalue weighted by molar-refractivity contribution is 7.38. The van der Waals surface area contributed by atoms with Crippen molar-refractivity contribution in [2.24, 2.45) is 0 Å². The van der Waals surface area contributed by atoms with Gasteiger partial charge >= 0.3 is 18.3 Å². The molecule has 0 aliphatic rings. The predicted molar refractivity (Wildman–Crippen MR) is 303 cm³/mol. The minimum Gasteiger partial charge on any atom is -0.493 e. The number of carbonyl (C=O) groups is 3. The zero-order valence-electron chi connectivity index (χ0n) is 46.1. The molecule has 0 aliphatic carbocycles. The largest absolute Gasteiger partial charge is 0.519 e. The Bertz CT molecular complexity index is 2880. The molecule has 0 radical (unpaired) electrons. The van der Waals surface area contributed by atoms with Crippen LogP contribution in [-0.4, -0.2) is 68.0 Å². The third-order valence-corrected chi connectivity index (χ3v) is 32.9. The molecule has 1 N–H and O–H groups in total. The number of rotatable bonds is 25. The maximum atomic E-state index is 12.9. The van der Waals surface area contributed by atoms with Crippen LogP contribution >= 0.6 is 0 Å². The van der Waals surface area contributed by atoms with Gasteiger partial charge < -0.3 is 42.8 Å². The minimum absolute atomic E-state index is 0.216. The number of methoxy groups -OCH3 is 2. The molecular formula is C60H74O13Si3. The number of benzene rings is 6.